The Morgan fingerprint density at radius 3 is 2.80 bits per heavy atom. The van der Waals surface area contributed by atoms with E-state index in [0.29, 0.717) is 30.6 Å². The number of hydrogen-bond donors (Lipinski definition) is 1. The van der Waals surface area contributed by atoms with Crippen LogP contribution in [0.5, 0.6) is 0 Å². The average Bonchev–Trinajstić information content (AvgIpc) is 3.31. The van der Waals surface area contributed by atoms with E-state index in [1.54, 1.807) is 6.20 Å². The highest BCUT2D eigenvalue weighted by molar-refractivity contribution is 5.93. The van der Waals surface area contributed by atoms with E-state index in [-0.39, 0.29) is 11.3 Å². The summed E-state index contributed by atoms with van der Waals surface area (Å²) < 4.78 is 0. The van der Waals surface area contributed by atoms with Crippen LogP contribution in [0.2, 0.25) is 0 Å². The van der Waals surface area contributed by atoms with Crippen molar-refractivity contribution in [3.8, 4) is 0 Å². The number of likely N-dealkylation sites (tertiary alicyclic amines) is 2. The SMILES string of the molecule is O=C(c1cnc[nH]1)N1CC[C@@]2(CCCN(CC3CCCCC3)C2=O)C1. The molecule has 1 atom stereocenters. The summed E-state index contributed by atoms with van der Waals surface area (Å²) in [4.78, 5) is 36.6. The fourth-order valence-electron chi connectivity index (χ4n) is 4.98. The molecule has 0 radical (unpaired) electrons. The van der Waals surface area contributed by atoms with Gasteiger partial charge in [-0.1, -0.05) is 19.3 Å². The number of rotatable bonds is 3. The molecule has 1 saturated carbocycles. The number of hydrogen-bond acceptors (Lipinski definition) is 3. The first-order valence-corrected chi connectivity index (χ1v) is 9.75. The standard InChI is InChI=1S/C19H28N4O2/c24-17(16-11-20-14-21-16)23-10-8-19(13-23)7-4-9-22(18(19)25)12-15-5-2-1-3-6-15/h11,14-15H,1-10,12-13H2,(H,20,21)/t19-/m0/s1. The van der Waals surface area contributed by atoms with Crippen molar-refractivity contribution < 1.29 is 9.59 Å². The zero-order chi connectivity index (χ0) is 17.3. The molecule has 1 aromatic rings. The lowest BCUT2D eigenvalue weighted by atomic mass is 9.77. The van der Waals surface area contributed by atoms with E-state index in [1.807, 2.05) is 4.90 Å². The van der Waals surface area contributed by atoms with E-state index in [9.17, 15) is 9.59 Å². The predicted molar refractivity (Wildman–Crippen MR) is 93.9 cm³/mol. The number of carbonyl (C=O) groups excluding carboxylic acids is 2. The number of nitrogens with one attached hydrogen (secondary N) is 1. The summed E-state index contributed by atoms with van der Waals surface area (Å²) in [6.07, 6.45) is 12.4. The van der Waals surface area contributed by atoms with Gasteiger partial charge in [0.05, 0.1) is 17.9 Å². The molecule has 4 rings (SSSR count). The molecule has 6 heteroatoms. The maximum absolute atomic E-state index is 13.2. The van der Waals surface area contributed by atoms with Crippen LogP contribution in [0.4, 0.5) is 0 Å². The summed E-state index contributed by atoms with van der Waals surface area (Å²) in [5, 5.41) is 0. The van der Waals surface area contributed by atoms with Crippen molar-refractivity contribution in [3.63, 3.8) is 0 Å². The fourth-order valence-corrected chi connectivity index (χ4v) is 4.98. The third-order valence-corrected chi connectivity index (χ3v) is 6.40. The van der Waals surface area contributed by atoms with Crippen LogP contribution in [0.15, 0.2) is 12.5 Å². The number of carbonyl (C=O) groups is 2. The Kier molecular flexibility index (Phi) is 4.52. The summed E-state index contributed by atoms with van der Waals surface area (Å²) in [5.41, 5.74) is 0.169. The molecule has 3 heterocycles. The maximum Gasteiger partial charge on any atom is 0.271 e. The first-order chi connectivity index (χ1) is 12.2. The minimum atomic E-state index is -0.345. The number of piperidine rings is 1. The monoisotopic (exact) mass is 344 g/mol. The molecule has 1 N–H and O–H groups in total. The molecular formula is C19H28N4O2. The number of amides is 2. The van der Waals surface area contributed by atoms with Crippen LogP contribution in [-0.4, -0.2) is 57.8 Å². The van der Waals surface area contributed by atoms with Gasteiger partial charge in [0, 0.05) is 26.2 Å². The van der Waals surface area contributed by atoms with Crippen LogP contribution in [0.3, 0.4) is 0 Å². The Balaban J connectivity index is 1.42. The predicted octanol–water partition coefficient (Wildman–Crippen LogP) is 2.44. The van der Waals surface area contributed by atoms with Crippen LogP contribution in [0, 0.1) is 11.3 Å². The van der Waals surface area contributed by atoms with Crippen LogP contribution in [0.25, 0.3) is 0 Å². The average molecular weight is 344 g/mol. The Bertz CT molecular complexity index is 623. The third kappa shape index (κ3) is 3.18. The number of aromatic nitrogens is 2. The van der Waals surface area contributed by atoms with Gasteiger partial charge in [0.1, 0.15) is 5.69 Å². The minimum absolute atomic E-state index is 0.0356. The topological polar surface area (TPSA) is 69.3 Å². The normalized spacial score (nSPS) is 28.1. The lowest BCUT2D eigenvalue weighted by Gasteiger charge is -2.41. The molecule has 25 heavy (non-hydrogen) atoms. The van der Waals surface area contributed by atoms with E-state index in [0.717, 1.165) is 32.4 Å². The molecule has 2 aliphatic heterocycles. The van der Waals surface area contributed by atoms with Crippen LogP contribution in [-0.2, 0) is 4.79 Å². The molecule has 0 unspecified atom stereocenters. The van der Waals surface area contributed by atoms with Crippen molar-refractivity contribution in [2.75, 3.05) is 26.2 Å². The fraction of sp³-hybridized carbons (Fsp3) is 0.737. The third-order valence-electron chi connectivity index (χ3n) is 6.40. The highest BCUT2D eigenvalue weighted by Crippen LogP contribution is 2.41. The molecule has 2 amide bonds. The van der Waals surface area contributed by atoms with E-state index < -0.39 is 0 Å². The second-order valence-electron chi connectivity index (χ2n) is 8.08. The first-order valence-electron chi connectivity index (χ1n) is 9.75. The molecule has 136 valence electrons. The second-order valence-corrected chi connectivity index (χ2v) is 8.08. The van der Waals surface area contributed by atoms with Gasteiger partial charge in [-0.2, -0.15) is 0 Å². The Hall–Kier alpha value is -1.85. The van der Waals surface area contributed by atoms with Crippen LogP contribution in [0.1, 0.15) is 61.9 Å². The molecule has 3 aliphatic rings. The van der Waals surface area contributed by atoms with Gasteiger partial charge in [-0.3, -0.25) is 9.59 Å². The summed E-state index contributed by atoms with van der Waals surface area (Å²) >= 11 is 0. The molecule has 0 aromatic carbocycles. The summed E-state index contributed by atoms with van der Waals surface area (Å²) in [7, 11) is 0. The molecule has 0 bridgehead atoms. The zero-order valence-electron chi connectivity index (χ0n) is 14.9. The lowest BCUT2D eigenvalue weighted by molar-refractivity contribution is -0.146. The number of aromatic amines is 1. The van der Waals surface area contributed by atoms with E-state index in [2.05, 4.69) is 14.9 Å². The highest BCUT2D eigenvalue weighted by Gasteiger charge is 2.49. The first kappa shape index (κ1) is 16.6. The van der Waals surface area contributed by atoms with E-state index >= 15 is 0 Å². The number of imidazole rings is 1. The van der Waals surface area contributed by atoms with E-state index in [1.165, 1.54) is 38.4 Å². The molecule has 6 nitrogen and oxygen atoms in total. The maximum atomic E-state index is 13.2. The van der Waals surface area contributed by atoms with Gasteiger partial charge in [0.15, 0.2) is 0 Å². The highest BCUT2D eigenvalue weighted by atomic mass is 16.2. The van der Waals surface area contributed by atoms with Gasteiger partial charge in [-0.15, -0.1) is 0 Å². The summed E-state index contributed by atoms with van der Waals surface area (Å²) in [5.74, 6) is 0.938. The van der Waals surface area contributed by atoms with Crippen LogP contribution < -0.4 is 0 Å². The molecular weight excluding hydrogens is 316 g/mol. The molecule has 1 aromatic heterocycles. The van der Waals surface area contributed by atoms with Gasteiger partial charge >= 0.3 is 0 Å². The van der Waals surface area contributed by atoms with Crippen molar-refractivity contribution in [1.82, 2.24) is 19.8 Å². The molecule has 2 saturated heterocycles. The molecule has 3 fully saturated rings. The van der Waals surface area contributed by atoms with Crippen molar-refractivity contribution >= 4 is 11.8 Å². The van der Waals surface area contributed by atoms with Gasteiger partial charge in [-0.05, 0) is 38.0 Å². The smallest absolute Gasteiger partial charge is 0.271 e. The lowest BCUT2D eigenvalue weighted by Crippen LogP contribution is -2.51. The van der Waals surface area contributed by atoms with Crippen molar-refractivity contribution in [1.29, 1.82) is 0 Å². The second kappa shape index (κ2) is 6.81. The minimum Gasteiger partial charge on any atom is -0.342 e. The Labute approximate surface area is 149 Å². The number of H-pyrrole nitrogens is 1. The van der Waals surface area contributed by atoms with Crippen molar-refractivity contribution in [2.45, 2.75) is 51.4 Å². The van der Waals surface area contributed by atoms with Gasteiger partial charge in [-0.25, -0.2) is 4.98 Å². The Morgan fingerprint density at radius 1 is 1.20 bits per heavy atom. The largest absolute Gasteiger partial charge is 0.342 e. The zero-order valence-corrected chi connectivity index (χ0v) is 14.9. The van der Waals surface area contributed by atoms with Crippen molar-refractivity contribution in [2.24, 2.45) is 11.3 Å². The molecule has 1 spiro atoms. The quantitative estimate of drug-likeness (QED) is 0.916. The van der Waals surface area contributed by atoms with Gasteiger partial charge in [0.25, 0.3) is 5.91 Å². The van der Waals surface area contributed by atoms with Gasteiger partial charge < -0.3 is 14.8 Å². The summed E-state index contributed by atoms with van der Waals surface area (Å²) in [6.45, 7) is 3.05. The number of nitrogens with zero attached hydrogens (tertiary/aromatic N) is 3. The molecule has 1 aliphatic carbocycles. The van der Waals surface area contributed by atoms with Crippen molar-refractivity contribution in [3.05, 3.63) is 18.2 Å². The summed E-state index contributed by atoms with van der Waals surface area (Å²) in [6, 6.07) is 0. The van der Waals surface area contributed by atoms with Gasteiger partial charge in [0.2, 0.25) is 5.91 Å². The Morgan fingerprint density at radius 2 is 2.04 bits per heavy atom. The van der Waals surface area contributed by atoms with Crippen LogP contribution >= 0.6 is 0 Å². The van der Waals surface area contributed by atoms with E-state index in [4.69, 9.17) is 0 Å².